The van der Waals surface area contributed by atoms with E-state index in [1.165, 1.54) is 25.6 Å². The maximum atomic E-state index is 11.3. The van der Waals surface area contributed by atoms with Crippen molar-refractivity contribution in [2.75, 3.05) is 17.2 Å². The number of amides is 1. The number of anilines is 2. The Labute approximate surface area is 183 Å². The molecule has 0 atom stereocenters. The fraction of sp³-hybridized carbons (Fsp3) is 0.417. The summed E-state index contributed by atoms with van der Waals surface area (Å²) in [5, 5.41) is 9.74. The van der Waals surface area contributed by atoms with Crippen molar-refractivity contribution >= 4 is 17.4 Å². The van der Waals surface area contributed by atoms with Crippen molar-refractivity contribution in [2.24, 2.45) is 0 Å². The smallest absolute Gasteiger partial charge is 0.244 e. The molecule has 0 radical (unpaired) electrons. The predicted molar refractivity (Wildman–Crippen MR) is 122 cm³/mol. The number of hydrogen-bond donors (Lipinski definition) is 2. The molecule has 1 amide bonds. The lowest BCUT2D eigenvalue weighted by molar-refractivity contribution is -0.114. The average Bonchev–Trinajstić information content (AvgIpc) is 3.48. The van der Waals surface area contributed by atoms with Crippen molar-refractivity contribution in [3.63, 3.8) is 0 Å². The van der Waals surface area contributed by atoms with Crippen LogP contribution in [0.15, 0.2) is 41.2 Å². The highest BCUT2D eigenvalue weighted by Gasteiger charge is 2.19. The minimum Gasteiger partial charge on any atom is -0.372 e. The van der Waals surface area contributed by atoms with Crippen LogP contribution in [-0.2, 0) is 36.9 Å². The molecule has 2 N–H and O–H groups in total. The van der Waals surface area contributed by atoms with E-state index in [4.69, 9.17) is 4.52 Å². The summed E-state index contributed by atoms with van der Waals surface area (Å²) in [4.78, 5) is 19.6. The molecule has 0 unspecified atom stereocenters. The lowest BCUT2D eigenvalue weighted by atomic mass is 10.1. The molecule has 0 bridgehead atoms. The van der Waals surface area contributed by atoms with Gasteiger partial charge in [0.25, 0.3) is 0 Å². The molecule has 2 aliphatic rings. The second-order valence-electron chi connectivity index (χ2n) is 7.21. The fourth-order valence-electron chi connectivity index (χ4n) is 3.63. The summed E-state index contributed by atoms with van der Waals surface area (Å²) in [6, 6.07) is 10.7. The number of nitrogens with zero attached hydrogens (tertiary/aromatic N) is 3. The van der Waals surface area contributed by atoms with E-state index < -0.39 is 0 Å². The minimum atomic E-state index is -0.0926. The first kappa shape index (κ1) is 22.5. The Morgan fingerprint density at radius 3 is 2.48 bits per heavy atom. The number of carbonyl (C=O) groups excluding carboxylic acids is 1. The molecule has 0 spiro atoms. The van der Waals surface area contributed by atoms with Gasteiger partial charge >= 0.3 is 0 Å². The molecule has 7 nitrogen and oxygen atoms in total. The lowest BCUT2D eigenvalue weighted by Crippen LogP contribution is -2.29. The van der Waals surface area contributed by atoms with Crippen LogP contribution in [0, 0.1) is 0 Å². The standard InChI is InChI=1S/C13H15N5O2.C9H10.C2H6/c1-2-8-5-9(20-18-8)3-4-10-12-13(16-7-15-10)17-11(19)6-14-12;1-2-5-9-7-3-6-8(9)4-1;1-2/h5,7,14H,2-4,6H2,1H3,(H,15,16,17,19);1-2,4-5H,3,6-7H2;1-2H3. The van der Waals surface area contributed by atoms with Crippen molar-refractivity contribution in [1.82, 2.24) is 15.1 Å². The number of nitrogens with one attached hydrogen (secondary N) is 2. The fourth-order valence-corrected chi connectivity index (χ4v) is 3.63. The zero-order valence-corrected chi connectivity index (χ0v) is 18.6. The maximum absolute atomic E-state index is 11.3. The van der Waals surface area contributed by atoms with Crippen LogP contribution in [0.5, 0.6) is 0 Å². The first-order chi connectivity index (χ1) is 15.2. The molecule has 5 rings (SSSR count). The molecule has 0 saturated heterocycles. The molecule has 7 heteroatoms. The molecule has 1 aromatic carbocycles. The van der Waals surface area contributed by atoms with Crippen LogP contribution >= 0.6 is 0 Å². The highest BCUT2D eigenvalue weighted by atomic mass is 16.5. The van der Waals surface area contributed by atoms with Crippen molar-refractivity contribution in [3.8, 4) is 0 Å². The number of fused-ring (bicyclic) bond motifs is 2. The summed E-state index contributed by atoms with van der Waals surface area (Å²) in [5.74, 6) is 1.29. The van der Waals surface area contributed by atoms with Gasteiger partial charge in [0.15, 0.2) is 5.82 Å². The first-order valence-electron chi connectivity index (χ1n) is 11.1. The van der Waals surface area contributed by atoms with Gasteiger partial charge in [-0.15, -0.1) is 0 Å². The van der Waals surface area contributed by atoms with Crippen LogP contribution in [0.4, 0.5) is 11.5 Å². The summed E-state index contributed by atoms with van der Waals surface area (Å²) in [5.41, 5.74) is 5.75. The van der Waals surface area contributed by atoms with E-state index >= 15 is 0 Å². The Balaban J connectivity index is 0.000000205. The van der Waals surface area contributed by atoms with Crippen LogP contribution in [0.25, 0.3) is 0 Å². The Morgan fingerprint density at radius 1 is 1.06 bits per heavy atom. The highest BCUT2D eigenvalue weighted by Crippen LogP contribution is 2.25. The third-order valence-electron chi connectivity index (χ3n) is 5.20. The van der Waals surface area contributed by atoms with E-state index in [2.05, 4.69) is 50.0 Å². The molecular formula is C24H31N5O2. The third-order valence-corrected chi connectivity index (χ3v) is 5.20. The molecule has 1 aliphatic heterocycles. The highest BCUT2D eigenvalue weighted by molar-refractivity contribution is 5.99. The van der Waals surface area contributed by atoms with Gasteiger partial charge in [-0.2, -0.15) is 0 Å². The van der Waals surface area contributed by atoms with Crippen molar-refractivity contribution in [2.45, 2.75) is 59.3 Å². The monoisotopic (exact) mass is 421 g/mol. The lowest BCUT2D eigenvalue weighted by Gasteiger charge is -2.19. The van der Waals surface area contributed by atoms with Gasteiger partial charge in [-0.05, 0) is 43.2 Å². The molecule has 3 aromatic rings. The summed E-state index contributed by atoms with van der Waals surface area (Å²) in [6.07, 6.45) is 7.70. The first-order valence-corrected chi connectivity index (χ1v) is 11.1. The number of hydrogen-bond acceptors (Lipinski definition) is 6. The van der Waals surface area contributed by atoms with Gasteiger partial charge in [0.1, 0.15) is 12.1 Å². The van der Waals surface area contributed by atoms with Crippen LogP contribution in [0.1, 0.15) is 55.5 Å². The molecule has 31 heavy (non-hydrogen) atoms. The number of carbonyl (C=O) groups is 1. The van der Waals surface area contributed by atoms with Crippen LogP contribution in [-0.4, -0.2) is 27.6 Å². The van der Waals surface area contributed by atoms with Gasteiger partial charge in [0.05, 0.1) is 23.6 Å². The van der Waals surface area contributed by atoms with E-state index in [-0.39, 0.29) is 12.5 Å². The number of benzene rings is 1. The number of rotatable bonds is 4. The van der Waals surface area contributed by atoms with E-state index in [1.54, 1.807) is 11.1 Å². The van der Waals surface area contributed by atoms with E-state index in [0.717, 1.165) is 29.3 Å². The molecule has 3 heterocycles. The largest absolute Gasteiger partial charge is 0.372 e. The van der Waals surface area contributed by atoms with Gasteiger partial charge in [-0.25, -0.2) is 9.97 Å². The zero-order chi connectivity index (χ0) is 22.1. The Morgan fingerprint density at radius 2 is 1.81 bits per heavy atom. The Bertz CT molecular complexity index is 976. The zero-order valence-electron chi connectivity index (χ0n) is 18.6. The summed E-state index contributed by atoms with van der Waals surface area (Å²) >= 11 is 0. The maximum Gasteiger partial charge on any atom is 0.244 e. The molecule has 0 saturated carbocycles. The van der Waals surface area contributed by atoms with Crippen molar-refractivity contribution in [3.05, 3.63) is 64.9 Å². The van der Waals surface area contributed by atoms with E-state index in [1.807, 2.05) is 26.8 Å². The normalized spacial score (nSPS) is 13.5. The molecular weight excluding hydrogens is 390 g/mol. The van der Waals surface area contributed by atoms with Gasteiger partial charge < -0.3 is 15.2 Å². The second-order valence-corrected chi connectivity index (χ2v) is 7.21. The molecule has 164 valence electrons. The van der Waals surface area contributed by atoms with Crippen molar-refractivity contribution < 1.29 is 9.32 Å². The van der Waals surface area contributed by atoms with Crippen LogP contribution in [0.2, 0.25) is 0 Å². The summed E-state index contributed by atoms with van der Waals surface area (Å²) in [6.45, 7) is 6.28. The Hall–Kier alpha value is -3.22. The van der Waals surface area contributed by atoms with Gasteiger partial charge in [0, 0.05) is 12.5 Å². The predicted octanol–water partition coefficient (Wildman–Crippen LogP) is 4.38. The SMILES string of the molecule is CC.CCc1cc(CCc2ncnc3c2NCC(=O)N3)on1.c1ccc2c(c1)CCC2. The average molecular weight is 422 g/mol. The van der Waals surface area contributed by atoms with E-state index in [9.17, 15) is 4.79 Å². The minimum absolute atomic E-state index is 0.0926. The van der Waals surface area contributed by atoms with E-state index in [0.29, 0.717) is 18.7 Å². The van der Waals surface area contributed by atoms with Gasteiger partial charge in [-0.3, -0.25) is 4.79 Å². The molecule has 0 fully saturated rings. The quantitative estimate of drug-likeness (QED) is 0.649. The van der Waals surface area contributed by atoms with Crippen LogP contribution < -0.4 is 10.6 Å². The summed E-state index contributed by atoms with van der Waals surface area (Å²) < 4.78 is 5.25. The van der Waals surface area contributed by atoms with Gasteiger partial charge in [0.2, 0.25) is 5.91 Å². The third kappa shape index (κ3) is 5.90. The summed E-state index contributed by atoms with van der Waals surface area (Å²) in [7, 11) is 0. The topological polar surface area (TPSA) is 92.9 Å². The number of aryl methyl sites for hydroxylation is 5. The Kier molecular flexibility index (Phi) is 8.15. The molecule has 2 aromatic heterocycles. The van der Waals surface area contributed by atoms with Crippen LogP contribution in [0.3, 0.4) is 0 Å². The van der Waals surface area contributed by atoms with Crippen molar-refractivity contribution in [1.29, 1.82) is 0 Å². The molecule has 1 aliphatic carbocycles. The second kappa shape index (κ2) is 11.2. The van der Waals surface area contributed by atoms with Gasteiger partial charge in [-0.1, -0.05) is 50.2 Å². The number of aromatic nitrogens is 3.